The van der Waals surface area contributed by atoms with Crippen LogP contribution < -0.4 is 10.9 Å². The van der Waals surface area contributed by atoms with E-state index in [4.69, 9.17) is 20.6 Å². The second-order valence-corrected chi connectivity index (χ2v) is 6.83. The first-order valence-corrected chi connectivity index (χ1v) is 7.92. The van der Waals surface area contributed by atoms with Gasteiger partial charge in [0.1, 0.15) is 5.82 Å². The van der Waals surface area contributed by atoms with E-state index >= 15 is 0 Å². The molecular weight excluding hydrogens is 315 g/mol. The van der Waals surface area contributed by atoms with Crippen molar-refractivity contribution in [1.29, 1.82) is 0 Å². The molecule has 0 fully saturated rings. The van der Waals surface area contributed by atoms with Gasteiger partial charge in [0, 0.05) is 24.8 Å². The van der Waals surface area contributed by atoms with Crippen molar-refractivity contribution in [3.8, 4) is 11.3 Å². The van der Waals surface area contributed by atoms with Gasteiger partial charge in [-0.3, -0.25) is 9.36 Å². The summed E-state index contributed by atoms with van der Waals surface area (Å²) in [6.45, 7) is 1.63. The van der Waals surface area contributed by atoms with E-state index < -0.39 is 13.2 Å². The number of hydrogen-bond acceptors (Lipinski definition) is 5. The fraction of sp³-hybridized carbons (Fsp3) is 0.231. The lowest BCUT2D eigenvalue weighted by molar-refractivity contribution is 0.287. The average Bonchev–Trinajstić information content (AvgIpc) is 2.46. The van der Waals surface area contributed by atoms with Crippen LogP contribution in [0.3, 0.4) is 0 Å². The maximum atomic E-state index is 12.6. The Balaban J connectivity index is 2.79. The van der Waals surface area contributed by atoms with Gasteiger partial charge in [-0.2, -0.15) is 0 Å². The molecule has 1 heterocycles. The van der Waals surface area contributed by atoms with E-state index in [1.54, 1.807) is 31.2 Å². The van der Waals surface area contributed by atoms with E-state index in [2.05, 4.69) is 9.97 Å². The van der Waals surface area contributed by atoms with E-state index in [1.807, 2.05) is 0 Å². The van der Waals surface area contributed by atoms with Gasteiger partial charge in [0.25, 0.3) is 5.56 Å². The lowest BCUT2D eigenvalue weighted by Crippen LogP contribution is -2.32. The quantitative estimate of drug-likeness (QED) is 0.872. The molecule has 0 unspecified atom stereocenters. The fourth-order valence-electron chi connectivity index (χ4n) is 1.90. The normalized spacial score (nSPS) is 11.6. The van der Waals surface area contributed by atoms with Crippen molar-refractivity contribution < 1.29 is 13.6 Å². The van der Waals surface area contributed by atoms with E-state index in [0.29, 0.717) is 16.4 Å². The molecular formula is C13H14ClN2O4P. The number of halogens is 1. The molecule has 21 heavy (non-hydrogen) atoms. The second kappa shape index (κ2) is 6.12. The fourth-order valence-corrected chi connectivity index (χ4v) is 3.28. The predicted molar refractivity (Wildman–Crippen MR) is 81.3 cm³/mol. The topological polar surface area (TPSA) is 81.3 Å². The van der Waals surface area contributed by atoms with E-state index in [9.17, 15) is 9.36 Å². The lowest BCUT2D eigenvalue weighted by atomic mass is 10.1. The van der Waals surface area contributed by atoms with Crippen LogP contribution in [-0.2, 0) is 13.6 Å². The zero-order valence-corrected chi connectivity index (χ0v) is 13.4. The standard InChI is InChI=1S/C13H14ClN2O4P/c1-8-15-11(9-4-6-10(14)7-5-9)12(13(17)16-8)21(18,19-2)20-3/h4-7H,1-3H3,(H,15,16,17). The first-order valence-electron chi connectivity index (χ1n) is 6.00. The molecule has 112 valence electrons. The molecule has 0 aliphatic carbocycles. The van der Waals surface area contributed by atoms with Gasteiger partial charge in [-0.15, -0.1) is 0 Å². The number of benzene rings is 1. The van der Waals surface area contributed by atoms with E-state index in [1.165, 1.54) is 14.2 Å². The van der Waals surface area contributed by atoms with Crippen LogP contribution in [0.5, 0.6) is 0 Å². The number of hydrogen-bond donors (Lipinski definition) is 1. The van der Waals surface area contributed by atoms with Crippen molar-refractivity contribution in [2.75, 3.05) is 14.2 Å². The molecule has 0 aliphatic rings. The second-order valence-electron chi connectivity index (χ2n) is 4.22. The summed E-state index contributed by atoms with van der Waals surface area (Å²) in [6.07, 6.45) is 0. The average molecular weight is 329 g/mol. The van der Waals surface area contributed by atoms with Crippen LogP contribution in [0, 0.1) is 6.92 Å². The number of nitrogens with one attached hydrogen (secondary N) is 1. The Morgan fingerprint density at radius 1 is 1.19 bits per heavy atom. The van der Waals surface area contributed by atoms with Gasteiger partial charge in [0.2, 0.25) is 0 Å². The van der Waals surface area contributed by atoms with Gasteiger partial charge in [-0.05, 0) is 19.1 Å². The highest BCUT2D eigenvalue weighted by molar-refractivity contribution is 7.62. The maximum Gasteiger partial charge on any atom is 0.368 e. The van der Waals surface area contributed by atoms with Gasteiger partial charge in [0.15, 0.2) is 5.30 Å². The van der Waals surface area contributed by atoms with Crippen molar-refractivity contribution >= 4 is 24.5 Å². The molecule has 0 bridgehead atoms. The van der Waals surface area contributed by atoms with Crippen molar-refractivity contribution in [1.82, 2.24) is 9.97 Å². The SMILES string of the molecule is COP(=O)(OC)c1c(-c2ccc(Cl)cc2)nc(C)[nH]c1=O. The molecule has 8 heteroatoms. The molecule has 2 rings (SSSR count). The van der Waals surface area contributed by atoms with Crippen LogP contribution in [0.1, 0.15) is 5.82 Å². The highest BCUT2D eigenvalue weighted by atomic mass is 35.5. The number of aromatic amines is 1. The highest BCUT2D eigenvalue weighted by Crippen LogP contribution is 2.46. The third-order valence-corrected chi connectivity index (χ3v) is 5.06. The highest BCUT2D eigenvalue weighted by Gasteiger charge is 2.33. The van der Waals surface area contributed by atoms with Gasteiger partial charge >= 0.3 is 7.60 Å². The summed E-state index contributed by atoms with van der Waals surface area (Å²) < 4.78 is 22.5. The molecule has 1 N–H and O–H groups in total. The summed E-state index contributed by atoms with van der Waals surface area (Å²) in [5, 5.41) is 0.420. The van der Waals surface area contributed by atoms with Crippen LogP contribution in [0.2, 0.25) is 5.02 Å². The molecule has 2 aromatic rings. The Bertz CT molecular complexity index is 750. The van der Waals surface area contributed by atoms with Gasteiger partial charge in [-0.1, -0.05) is 23.7 Å². The molecule has 0 amide bonds. The van der Waals surface area contributed by atoms with Crippen LogP contribution in [-0.4, -0.2) is 24.2 Å². The van der Waals surface area contributed by atoms with Gasteiger partial charge in [-0.25, -0.2) is 4.98 Å². The van der Waals surface area contributed by atoms with Crippen LogP contribution in [0.4, 0.5) is 0 Å². The minimum absolute atomic E-state index is 0.125. The minimum atomic E-state index is -3.75. The van der Waals surface area contributed by atoms with Crippen molar-refractivity contribution in [3.63, 3.8) is 0 Å². The molecule has 0 aliphatic heterocycles. The van der Waals surface area contributed by atoms with E-state index in [0.717, 1.165) is 0 Å². The summed E-state index contributed by atoms with van der Waals surface area (Å²) in [6, 6.07) is 6.68. The summed E-state index contributed by atoms with van der Waals surface area (Å²) in [5.41, 5.74) is 0.289. The Morgan fingerprint density at radius 2 is 1.76 bits per heavy atom. The Morgan fingerprint density at radius 3 is 2.29 bits per heavy atom. The van der Waals surface area contributed by atoms with Gasteiger partial charge < -0.3 is 14.0 Å². The molecule has 0 saturated heterocycles. The van der Waals surface area contributed by atoms with Gasteiger partial charge in [0.05, 0.1) is 5.69 Å². The zero-order chi connectivity index (χ0) is 15.6. The van der Waals surface area contributed by atoms with Crippen LogP contribution in [0.25, 0.3) is 11.3 Å². The molecule has 1 aromatic carbocycles. The summed E-state index contributed by atoms with van der Waals surface area (Å²) in [7, 11) is -1.31. The van der Waals surface area contributed by atoms with Crippen molar-refractivity contribution in [2.24, 2.45) is 0 Å². The molecule has 0 spiro atoms. The summed E-state index contributed by atoms with van der Waals surface area (Å²) >= 11 is 5.85. The number of H-pyrrole nitrogens is 1. The monoisotopic (exact) mass is 328 g/mol. The maximum absolute atomic E-state index is 12.6. The first-order chi connectivity index (χ1) is 9.91. The lowest BCUT2D eigenvalue weighted by Gasteiger charge is -2.16. The molecule has 0 radical (unpaired) electrons. The summed E-state index contributed by atoms with van der Waals surface area (Å²) in [5.74, 6) is 0.396. The van der Waals surface area contributed by atoms with Crippen LogP contribution in [0.15, 0.2) is 29.1 Å². The molecule has 0 saturated carbocycles. The number of aryl methyl sites for hydroxylation is 1. The smallest absolute Gasteiger partial charge is 0.310 e. The molecule has 0 atom stereocenters. The Labute approximate surface area is 126 Å². The van der Waals surface area contributed by atoms with E-state index in [-0.39, 0.29) is 11.0 Å². The number of rotatable bonds is 4. The first kappa shape index (κ1) is 15.9. The van der Waals surface area contributed by atoms with Crippen molar-refractivity contribution in [2.45, 2.75) is 6.92 Å². The molecule has 1 aromatic heterocycles. The largest absolute Gasteiger partial charge is 0.368 e. The Kier molecular flexibility index (Phi) is 4.64. The number of aromatic nitrogens is 2. The van der Waals surface area contributed by atoms with Crippen LogP contribution >= 0.6 is 19.2 Å². The van der Waals surface area contributed by atoms with Crippen molar-refractivity contribution in [3.05, 3.63) is 45.5 Å². The Hall–Kier alpha value is -1.46. The third-order valence-electron chi connectivity index (χ3n) is 2.89. The zero-order valence-electron chi connectivity index (χ0n) is 11.7. The minimum Gasteiger partial charge on any atom is -0.310 e. The third kappa shape index (κ3) is 3.09. The number of nitrogens with zero attached hydrogens (tertiary/aromatic N) is 1. The molecule has 6 nitrogen and oxygen atoms in total. The summed E-state index contributed by atoms with van der Waals surface area (Å²) in [4.78, 5) is 19.0. The predicted octanol–water partition coefficient (Wildman–Crippen LogP) is 2.51.